The molecule has 0 aromatic heterocycles. The summed E-state index contributed by atoms with van der Waals surface area (Å²) in [5.74, 6) is 0.825. The zero-order chi connectivity index (χ0) is 15.4. The number of methoxy groups -OCH3 is 1. The molecule has 0 aliphatic heterocycles. The van der Waals surface area contributed by atoms with Gasteiger partial charge in [-0.25, -0.2) is 0 Å². The van der Waals surface area contributed by atoms with Gasteiger partial charge >= 0.3 is 0 Å². The third-order valence-electron chi connectivity index (χ3n) is 3.16. The van der Waals surface area contributed by atoms with Crippen molar-refractivity contribution in [3.63, 3.8) is 0 Å². The Kier molecular flexibility index (Phi) is 4.27. The summed E-state index contributed by atoms with van der Waals surface area (Å²) in [6, 6.07) is 9.78. The molecule has 2 N–H and O–H groups in total. The van der Waals surface area contributed by atoms with Crippen LogP contribution in [0, 0.1) is 17.0 Å². The minimum Gasteiger partial charge on any atom is -0.508 e. The number of nitro benzene ring substituents is 1. The summed E-state index contributed by atoms with van der Waals surface area (Å²) in [4.78, 5) is 10.4. The number of rotatable bonds is 5. The highest BCUT2D eigenvalue weighted by atomic mass is 16.6. The van der Waals surface area contributed by atoms with Crippen molar-refractivity contribution in [1.82, 2.24) is 0 Å². The van der Waals surface area contributed by atoms with Crippen LogP contribution in [-0.2, 0) is 6.54 Å². The first-order chi connectivity index (χ1) is 10.0. The van der Waals surface area contributed by atoms with E-state index in [0.29, 0.717) is 23.4 Å². The van der Waals surface area contributed by atoms with Crippen LogP contribution in [0.15, 0.2) is 36.4 Å². The van der Waals surface area contributed by atoms with E-state index in [-0.39, 0.29) is 11.4 Å². The molecule has 2 rings (SSSR count). The van der Waals surface area contributed by atoms with E-state index in [1.807, 2.05) is 0 Å². The zero-order valence-corrected chi connectivity index (χ0v) is 11.8. The average Bonchev–Trinajstić information content (AvgIpc) is 2.46. The van der Waals surface area contributed by atoms with Crippen molar-refractivity contribution in [2.45, 2.75) is 13.5 Å². The van der Waals surface area contributed by atoms with Crippen molar-refractivity contribution in [1.29, 1.82) is 0 Å². The Morgan fingerprint density at radius 3 is 2.67 bits per heavy atom. The smallest absolute Gasteiger partial charge is 0.272 e. The SMILES string of the molecule is COc1ccc(O)c(CNc2ccc([N+](=O)[O-])c(C)c2)c1. The van der Waals surface area contributed by atoms with Gasteiger partial charge in [-0.2, -0.15) is 0 Å². The topological polar surface area (TPSA) is 84.6 Å². The molecule has 0 saturated heterocycles. The van der Waals surface area contributed by atoms with Gasteiger partial charge in [0.2, 0.25) is 0 Å². The lowest BCUT2D eigenvalue weighted by Crippen LogP contribution is -2.01. The molecule has 21 heavy (non-hydrogen) atoms. The molecule has 110 valence electrons. The van der Waals surface area contributed by atoms with Gasteiger partial charge in [0.1, 0.15) is 11.5 Å². The van der Waals surface area contributed by atoms with E-state index in [1.54, 1.807) is 44.4 Å². The molecule has 6 nitrogen and oxygen atoms in total. The molecule has 0 aliphatic carbocycles. The number of hydrogen-bond donors (Lipinski definition) is 2. The number of phenolic OH excluding ortho intramolecular Hbond substituents is 1. The van der Waals surface area contributed by atoms with Gasteiger partial charge in [-0.15, -0.1) is 0 Å². The predicted octanol–water partition coefficient (Wildman–Crippen LogP) is 3.23. The number of anilines is 1. The standard InChI is InChI=1S/C15H16N2O4/c1-10-7-12(3-5-14(10)17(19)20)16-9-11-8-13(21-2)4-6-15(11)18/h3-8,16,18H,9H2,1-2H3. The van der Waals surface area contributed by atoms with E-state index < -0.39 is 4.92 Å². The number of aromatic hydroxyl groups is 1. The highest BCUT2D eigenvalue weighted by molar-refractivity contribution is 5.54. The molecule has 0 unspecified atom stereocenters. The van der Waals surface area contributed by atoms with Gasteiger partial charge in [-0.1, -0.05) is 0 Å². The Balaban J connectivity index is 2.13. The largest absolute Gasteiger partial charge is 0.508 e. The molecule has 0 spiro atoms. The van der Waals surface area contributed by atoms with Crippen LogP contribution in [0.5, 0.6) is 11.5 Å². The van der Waals surface area contributed by atoms with Crippen molar-refractivity contribution in [2.24, 2.45) is 0 Å². The molecule has 2 aromatic rings. The van der Waals surface area contributed by atoms with E-state index >= 15 is 0 Å². The van der Waals surface area contributed by atoms with Crippen molar-refractivity contribution < 1.29 is 14.8 Å². The minimum absolute atomic E-state index is 0.0878. The molecular weight excluding hydrogens is 272 g/mol. The van der Waals surface area contributed by atoms with Crippen LogP contribution in [0.4, 0.5) is 11.4 Å². The fourth-order valence-electron chi connectivity index (χ4n) is 2.00. The summed E-state index contributed by atoms with van der Waals surface area (Å²) in [5, 5.41) is 23.7. The van der Waals surface area contributed by atoms with Crippen molar-refractivity contribution in [3.05, 3.63) is 57.6 Å². The van der Waals surface area contributed by atoms with Gasteiger partial charge in [0.15, 0.2) is 0 Å². The van der Waals surface area contributed by atoms with E-state index in [9.17, 15) is 15.2 Å². The fraction of sp³-hybridized carbons (Fsp3) is 0.200. The monoisotopic (exact) mass is 288 g/mol. The predicted molar refractivity (Wildman–Crippen MR) is 79.8 cm³/mol. The van der Waals surface area contributed by atoms with E-state index in [1.165, 1.54) is 6.07 Å². The van der Waals surface area contributed by atoms with Crippen LogP contribution in [0.3, 0.4) is 0 Å². The Hall–Kier alpha value is -2.76. The quantitative estimate of drug-likeness (QED) is 0.651. The number of hydrogen-bond acceptors (Lipinski definition) is 5. The van der Waals surface area contributed by atoms with Crippen LogP contribution in [-0.4, -0.2) is 17.1 Å². The summed E-state index contributed by atoms with van der Waals surface area (Å²) in [5.41, 5.74) is 2.11. The molecule has 0 saturated carbocycles. The summed E-state index contributed by atoms with van der Waals surface area (Å²) < 4.78 is 5.11. The van der Waals surface area contributed by atoms with Crippen molar-refractivity contribution in [2.75, 3.05) is 12.4 Å². The van der Waals surface area contributed by atoms with Crippen molar-refractivity contribution in [3.8, 4) is 11.5 Å². The van der Waals surface area contributed by atoms with Crippen LogP contribution < -0.4 is 10.1 Å². The number of ether oxygens (including phenoxy) is 1. The third-order valence-corrected chi connectivity index (χ3v) is 3.16. The molecule has 0 fully saturated rings. The maximum absolute atomic E-state index is 10.8. The summed E-state index contributed by atoms with van der Waals surface area (Å²) in [6.45, 7) is 2.08. The Bertz CT molecular complexity index is 671. The number of nitrogens with one attached hydrogen (secondary N) is 1. The number of benzene rings is 2. The number of nitrogens with zero attached hydrogens (tertiary/aromatic N) is 1. The van der Waals surface area contributed by atoms with Gasteiger partial charge < -0.3 is 15.2 Å². The molecule has 2 aromatic carbocycles. The van der Waals surface area contributed by atoms with Gasteiger partial charge in [0.25, 0.3) is 5.69 Å². The van der Waals surface area contributed by atoms with Crippen LogP contribution in [0.1, 0.15) is 11.1 Å². The molecular formula is C15H16N2O4. The Labute approximate surface area is 122 Å². The molecule has 0 radical (unpaired) electrons. The zero-order valence-electron chi connectivity index (χ0n) is 11.8. The maximum Gasteiger partial charge on any atom is 0.272 e. The van der Waals surface area contributed by atoms with Gasteiger partial charge in [0, 0.05) is 29.4 Å². The van der Waals surface area contributed by atoms with E-state index in [2.05, 4.69) is 5.32 Å². The lowest BCUT2D eigenvalue weighted by molar-refractivity contribution is -0.385. The van der Waals surface area contributed by atoms with Crippen LogP contribution in [0.2, 0.25) is 0 Å². The second-order valence-corrected chi connectivity index (χ2v) is 4.61. The number of aryl methyl sites for hydroxylation is 1. The summed E-state index contributed by atoms with van der Waals surface area (Å²) >= 11 is 0. The van der Waals surface area contributed by atoms with Gasteiger partial charge in [-0.05, 0) is 37.3 Å². The second-order valence-electron chi connectivity index (χ2n) is 4.61. The Morgan fingerprint density at radius 2 is 2.05 bits per heavy atom. The summed E-state index contributed by atoms with van der Waals surface area (Å²) in [6.07, 6.45) is 0. The second kappa shape index (κ2) is 6.13. The normalized spacial score (nSPS) is 10.2. The van der Waals surface area contributed by atoms with Gasteiger partial charge in [0.05, 0.1) is 12.0 Å². The molecule has 0 amide bonds. The highest BCUT2D eigenvalue weighted by Gasteiger charge is 2.10. The number of phenols is 1. The maximum atomic E-state index is 10.8. The molecule has 0 aliphatic rings. The van der Waals surface area contributed by atoms with E-state index in [4.69, 9.17) is 4.74 Å². The lowest BCUT2D eigenvalue weighted by atomic mass is 10.1. The average molecular weight is 288 g/mol. The molecule has 0 bridgehead atoms. The van der Waals surface area contributed by atoms with Gasteiger partial charge in [-0.3, -0.25) is 10.1 Å². The summed E-state index contributed by atoms with van der Waals surface area (Å²) in [7, 11) is 1.56. The highest BCUT2D eigenvalue weighted by Crippen LogP contribution is 2.25. The third kappa shape index (κ3) is 3.42. The first-order valence-electron chi connectivity index (χ1n) is 6.36. The van der Waals surface area contributed by atoms with Crippen LogP contribution >= 0.6 is 0 Å². The first kappa shape index (κ1) is 14.6. The van der Waals surface area contributed by atoms with E-state index in [0.717, 1.165) is 5.69 Å². The fourth-order valence-corrected chi connectivity index (χ4v) is 2.00. The van der Waals surface area contributed by atoms with Crippen molar-refractivity contribution >= 4 is 11.4 Å². The molecule has 6 heteroatoms. The van der Waals surface area contributed by atoms with Crippen LogP contribution in [0.25, 0.3) is 0 Å². The minimum atomic E-state index is -0.410. The lowest BCUT2D eigenvalue weighted by Gasteiger charge is -2.10. The number of nitro groups is 1. The molecule has 0 heterocycles. The first-order valence-corrected chi connectivity index (χ1v) is 6.36. The molecule has 0 atom stereocenters. The Morgan fingerprint density at radius 1 is 1.29 bits per heavy atom.